The molecule has 2 unspecified atom stereocenters. The van der Waals surface area contributed by atoms with Gasteiger partial charge in [-0.25, -0.2) is 0 Å². The first-order valence-corrected chi connectivity index (χ1v) is 10.3. The molecule has 7 nitrogen and oxygen atoms in total. The predicted molar refractivity (Wildman–Crippen MR) is 113 cm³/mol. The smallest absolute Gasteiger partial charge is 0.380 e. The molecule has 35 heavy (non-hydrogen) atoms. The molecule has 0 saturated heterocycles. The van der Waals surface area contributed by atoms with E-state index < -0.39 is 48.7 Å². The minimum Gasteiger partial charge on any atom is -0.380 e. The Labute approximate surface area is 198 Å². The number of benzene rings is 1. The third-order valence-electron chi connectivity index (χ3n) is 4.63. The highest BCUT2D eigenvalue weighted by atomic mass is 19.4. The van der Waals surface area contributed by atoms with E-state index in [0.717, 1.165) is 11.1 Å². The molecule has 0 heterocycles. The monoisotopic (exact) mass is 509 g/mol. The molecule has 3 N–H and O–H groups in total. The molecule has 1 aromatic rings. The molecule has 194 valence electrons. The van der Waals surface area contributed by atoms with Gasteiger partial charge in [0.1, 0.15) is 6.04 Å². The molecule has 0 aliphatic carbocycles. The summed E-state index contributed by atoms with van der Waals surface area (Å²) in [5, 5.41) is 5.57. The Bertz CT molecular complexity index is 894. The van der Waals surface area contributed by atoms with Crippen LogP contribution in [0, 0.1) is 12.3 Å². The molecule has 0 aromatic heterocycles. The Morgan fingerprint density at radius 3 is 2.03 bits per heavy atom. The summed E-state index contributed by atoms with van der Waals surface area (Å²) in [5.41, 5.74) is 1.61. The van der Waals surface area contributed by atoms with E-state index in [4.69, 9.17) is 11.2 Å². The third kappa shape index (κ3) is 11.1. The van der Waals surface area contributed by atoms with Crippen molar-refractivity contribution in [3.63, 3.8) is 0 Å². The summed E-state index contributed by atoms with van der Waals surface area (Å²) in [4.78, 5) is 34.7. The standard InChI is InChI=1S/C22H25F6N3O4/c1-3-16(12-14-7-9-15(10-8-14)13-35-2)30-18(32)17(31-20(34)22(26,27)28)6-4-5-11-29-19(33)21(23,24)25/h1,7-10,16-17H,4-6,11-13H2,2H3,(H,29,33)(H,30,32)(H,31,34). The van der Waals surface area contributed by atoms with Crippen molar-refractivity contribution >= 4 is 17.7 Å². The lowest BCUT2D eigenvalue weighted by molar-refractivity contribution is -0.174. The summed E-state index contributed by atoms with van der Waals surface area (Å²) in [6.07, 6.45) is -5.23. The van der Waals surface area contributed by atoms with Crippen molar-refractivity contribution in [1.29, 1.82) is 0 Å². The second kappa shape index (κ2) is 13.6. The number of methoxy groups -OCH3 is 1. The van der Waals surface area contributed by atoms with Crippen LogP contribution in [0.1, 0.15) is 30.4 Å². The van der Waals surface area contributed by atoms with Crippen LogP contribution in [0.5, 0.6) is 0 Å². The highest BCUT2D eigenvalue weighted by Crippen LogP contribution is 2.16. The van der Waals surface area contributed by atoms with Gasteiger partial charge in [-0.05, 0) is 30.4 Å². The Morgan fingerprint density at radius 2 is 1.51 bits per heavy atom. The van der Waals surface area contributed by atoms with Crippen molar-refractivity contribution in [3.05, 3.63) is 35.4 Å². The number of unbranched alkanes of at least 4 members (excludes halogenated alkanes) is 1. The fourth-order valence-electron chi connectivity index (χ4n) is 2.88. The number of terminal acetylenes is 1. The number of hydrogen-bond donors (Lipinski definition) is 3. The second-order valence-electron chi connectivity index (χ2n) is 7.45. The third-order valence-corrected chi connectivity index (χ3v) is 4.63. The molecule has 2 atom stereocenters. The summed E-state index contributed by atoms with van der Waals surface area (Å²) < 4.78 is 79.6. The lowest BCUT2D eigenvalue weighted by atomic mass is 10.0. The first-order valence-electron chi connectivity index (χ1n) is 10.3. The molecule has 1 aromatic carbocycles. The number of alkyl halides is 6. The van der Waals surface area contributed by atoms with Crippen LogP contribution in [0.3, 0.4) is 0 Å². The highest BCUT2D eigenvalue weighted by Gasteiger charge is 2.41. The number of amides is 3. The van der Waals surface area contributed by atoms with Crippen molar-refractivity contribution in [2.24, 2.45) is 0 Å². The van der Waals surface area contributed by atoms with Gasteiger partial charge in [0.2, 0.25) is 5.91 Å². The van der Waals surface area contributed by atoms with E-state index >= 15 is 0 Å². The van der Waals surface area contributed by atoms with Crippen LogP contribution in [0.25, 0.3) is 0 Å². The van der Waals surface area contributed by atoms with Gasteiger partial charge in [0, 0.05) is 20.1 Å². The number of carbonyl (C=O) groups is 3. The Morgan fingerprint density at radius 1 is 0.943 bits per heavy atom. The molecule has 0 bridgehead atoms. The SMILES string of the molecule is C#CC(Cc1ccc(COC)cc1)NC(=O)C(CCCCNC(=O)C(F)(F)F)NC(=O)C(F)(F)F. The highest BCUT2D eigenvalue weighted by molar-refractivity contribution is 5.90. The van der Waals surface area contributed by atoms with E-state index in [9.17, 15) is 40.7 Å². The van der Waals surface area contributed by atoms with Crippen molar-refractivity contribution in [2.75, 3.05) is 13.7 Å². The number of halogens is 6. The minimum absolute atomic E-state index is 0.0734. The van der Waals surface area contributed by atoms with Crippen LogP contribution in [-0.2, 0) is 32.1 Å². The summed E-state index contributed by atoms with van der Waals surface area (Å²) in [6.45, 7) is -0.0397. The van der Waals surface area contributed by atoms with Gasteiger partial charge in [-0.1, -0.05) is 30.2 Å². The van der Waals surface area contributed by atoms with E-state index in [1.54, 1.807) is 34.9 Å². The van der Waals surface area contributed by atoms with Crippen molar-refractivity contribution in [1.82, 2.24) is 16.0 Å². The van der Waals surface area contributed by atoms with Crippen molar-refractivity contribution < 1.29 is 45.5 Å². The average molecular weight is 509 g/mol. The maximum Gasteiger partial charge on any atom is 0.471 e. The number of carbonyl (C=O) groups excluding carboxylic acids is 3. The first-order chi connectivity index (χ1) is 16.3. The van der Waals surface area contributed by atoms with Crippen LogP contribution in [0.2, 0.25) is 0 Å². The van der Waals surface area contributed by atoms with E-state index in [1.807, 2.05) is 0 Å². The van der Waals surface area contributed by atoms with E-state index in [1.165, 1.54) is 7.11 Å². The number of ether oxygens (including phenoxy) is 1. The molecular formula is C22H25F6N3O4. The quantitative estimate of drug-likeness (QED) is 0.229. The Kier molecular flexibility index (Phi) is 11.5. The number of rotatable bonds is 12. The maximum absolute atomic E-state index is 12.7. The van der Waals surface area contributed by atoms with Crippen LogP contribution >= 0.6 is 0 Å². The number of hydrogen-bond acceptors (Lipinski definition) is 4. The van der Waals surface area contributed by atoms with Gasteiger partial charge in [0.15, 0.2) is 0 Å². The van der Waals surface area contributed by atoms with Gasteiger partial charge >= 0.3 is 24.2 Å². The zero-order valence-corrected chi connectivity index (χ0v) is 18.7. The summed E-state index contributed by atoms with van der Waals surface area (Å²) in [7, 11) is 1.53. The minimum atomic E-state index is -5.26. The van der Waals surface area contributed by atoms with Crippen LogP contribution in [-0.4, -0.2) is 55.8 Å². The molecule has 0 saturated carbocycles. The molecular weight excluding hydrogens is 484 g/mol. The van der Waals surface area contributed by atoms with E-state index in [2.05, 4.69) is 11.2 Å². The van der Waals surface area contributed by atoms with Gasteiger partial charge in [-0.15, -0.1) is 6.42 Å². The first kappa shape index (κ1) is 29.8. The van der Waals surface area contributed by atoms with Gasteiger partial charge < -0.3 is 20.7 Å². The fraction of sp³-hybridized carbons (Fsp3) is 0.500. The Hall–Kier alpha value is -3.27. The van der Waals surface area contributed by atoms with E-state index in [-0.39, 0.29) is 25.7 Å². The summed E-state index contributed by atoms with van der Waals surface area (Å²) in [5.74, 6) is -3.18. The van der Waals surface area contributed by atoms with Crippen LogP contribution in [0.4, 0.5) is 26.3 Å². The topological polar surface area (TPSA) is 96.5 Å². The lowest BCUT2D eigenvalue weighted by Crippen LogP contribution is -2.52. The summed E-state index contributed by atoms with van der Waals surface area (Å²) >= 11 is 0. The molecule has 3 amide bonds. The molecule has 1 rings (SSSR count). The van der Waals surface area contributed by atoms with E-state index in [0.29, 0.717) is 6.61 Å². The maximum atomic E-state index is 12.7. The van der Waals surface area contributed by atoms with Crippen molar-refractivity contribution in [2.45, 2.75) is 56.7 Å². The zero-order valence-electron chi connectivity index (χ0n) is 18.7. The van der Waals surface area contributed by atoms with Crippen LogP contribution < -0.4 is 16.0 Å². The molecule has 0 aliphatic heterocycles. The molecule has 13 heteroatoms. The fourth-order valence-corrected chi connectivity index (χ4v) is 2.88. The molecule has 0 spiro atoms. The molecule has 0 fully saturated rings. The predicted octanol–water partition coefficient (Wildman–Crippen LogP) is 2.39. The molecule has 0 radical (unpaired) electrons. The largest absolute Gasteiger partial charge is 0.471 e. The second-order valence-corrected chi connectivity index (χ2v) is 7.45. The normalized spacial score (nSPS) is 13.3. The molecule has 0 aliphatic rings. The van der Waals surface area contributed by atoms with Gasteiger partial charge in [-0.3, -0.25) is 14.4 Å². The summed E-state index contributed by atoms with van der Waals surface area (Å²) in [6, 6.07) is 4.47. The van der Waals surface area contributed by atoms with Gasteiger partial charge in [0.05, 0.1) is 12.6 Å². The average Bonchev–Trinajstić information content (AvgIpc) is 2.77. The Balaban J connectivity index is 2.75. The van der Waals surface area contributed by atoms with Crippen LogP contribution in [0.15, 0.2) is 24.3 Å². The number of nitrogens with one attached hydrogen (secondary N) is 3. The van der Waals surface area contributed by atoms with Gasteiger partial charge in [0.25, 0.3) is 0 Å². The van der Waals surface area contributed by atoms with Gasteiger partial charge in [-0.2, -0.15) is 26.3 Å². The lowest BCUT2D eigenvalue weighted by Gasteiger charge is -2.22. The van der Waals surface area contributed by atoms with Crippen molar-refractivity contribution in [3.8, 4) is 12.3 Å². The zero-order chi connectivity index (χ0) is 26.6.